The summed E-state index contributed by atoms with van der Waals surface area (Å²) < 4.78 is 5.11. The Hall–Kier alpha value is -1.81. The first-order valence-electron chi connectivity index (χ1n) is 6.09. The van der Waals surface area contributed by atoms with Crippen LogP contribution in [0.1, 0.15) is 34.3 Å². The van der Waals surface area contributed by atoms with Crippen molar-refractivity contribution in [2.75, 3.05) is 0 Å². The first-order valence-corrected chi connectivity index (χ1v) is 6.47. The minimum atomic E-state index is -0.162. The van der Waals surface area contributed by atoms with Gasteiger partial charge in [0.2, 0.25) is 0 Å². The Kier molecular flexibility index (Phi) is 4.22. The standard InChI is InChI=1S/C14H15ClN2O2/c1-3-12-13(9(2)17-19-12)14(18)16-8-10-4-6-11(15)7-5-10/h4-7H,3,8H2,1-2H3,(H,16,18). The third kappa shape index (κ3) is 3.15. The molecule has 0 aliphatic rings. The fourth-order valence-electron chi connectivity index (χ4n) is 1.82. The van der Waals surface area contributed by atoms with Gasteiger partial charge in [0.25, 0.3) is 5.91 Å². The maximum Gasteiger partial charge on any atom is 0.257 e. The van der Waals surface area contributed by atoms with Crippen LogP contribution in [0.3, 0.4) is 0 Å². The van der Waals surface area contributed by atoms with Crippen molar-refractivity contribution in [2.24, 2.45) is 0 Å². The summed E-state index contributed by atoms with van der Waals surface area (Å²) >= 11 is 5.81. The van der Waals surface area contributed by atoms with Crippen molar-refractivity contribution in [3.63, 3.8) is 0 Å². The van der Waals surface area contributed by atoms with Crippen molar-refractivity contribution in [1.29, 1.82) is 0 Å². The monoisotopic (exact) mass is 278 g/mol. The highest BCUT2D eigenvalue weighted by atomic mass is 35.5. The van der Waals surface area contributed by atoms with Crippen molar-refractivity contribution in [3.05, 3.63) is 51.9 Å². The molecule has 0 saturated carbocycles. The van der Waals surface area contributed by atoms with Gasteiger partial charge in [-0.25, -0.2) is 0 Å². The van der Waals surface area contributed by atoms with Crippen LogP contribution in [0, 0.1) is 6.92 Å². The molecule has 2 aromatic rings. The molecule has 19 heavy (non-hydrogen) atoms. The van der Waals surface area contributed by atoms with Gasteiger partial charge >= 0.3 is 0 Å². The lowest BCUT2D eigenvalue weighted by Gasteiger charge is -2.05. The number of aromatic nitrogens is 1. The van der Waals surface area contributed by atoms with Crippen LogP contribution in [0.15, 0.2) is 28.8 Å². The molecule has 5 heteroatoms. The highest BCUT2D eigenvalue weighted by Gasteiger charge is 2.18. The van der Waals surface area contributed by atoms with E-state index >= 15 is 0 Å². The molecule has 1 heterocycles. The van der Waals surface area contributed by atoms with E-state index < -0.39 is 0 Å². The topological polar surface area (TPSA) is 55.1 Å². The van der Waals surface area contributed by atoms with Crippen LogP contribution in [0.4, 0.5) is 0 Å². The Balaban J connectivity index is 2.05. The van der Waals surface area contributed by atoms with E-state index in [0.717, 1.165) is 5.56 Å². The Morgan fingerprint density at radius 2 is 2.05 bits per heavy atom. The van der Waals surface area contributed by atoms with E-state index in [1.807, 2.05) is 19.1 Å². The molecule has 1 aromatic heterocycles. The number of carbonyl (C=O) groups excluding carboxylic acids is 1. The van der Waals surface area contributed by atoms with Crippen LogP contribution in [-0.4, -0.2) is 11.1 Å². The summed E-state index contributed by atoms with van der Waals surface area (Å²) in [6.07, 6.45) is 0.643. The molecule has 2 rings (SSSR count). The molecule has 1 amide bonds. The molecular formula is C14H15ClN2O2. The van der Waals surface area contributed by atoms with Gasteiger partial charge in [-0.05, 0) is 24.6 Å². The molecule has 1 N–H and O–H groups in total. The zero-order chi connectivity index (χ0) is 13.8. The number of amides is 1. The van der Waals surface area contributed by atoms with Crippen LogP contribution >= 0.6 is 11.6 Å². The summed E-state index contributed by atoms with van der Waals surface area (Å²) in [5, 5.41) is 7.36. The quantitative estimate of drug-likeness (QED) is 0.935. The summed E-state index contributed by atoms with van der Waals surface area (Å²) in [7, 11) is 0. The Bertz CT molecular complexity index is 576. The zero-order valence-electron chi connectivity index (χ0n) is 10.9. The van der Waals surface area contributed by atoms with E-state index in [-0.39, 0.29) is 5.91 Å². The van der Waals surface area contributed by atoms with Crippen molar-refractivity contribution < 1.29 is 9.32 Å². The maximum absolute atomic E-state index is 12.1. The number of hydrogen-bond donors (Lipinski definition) is 1. The van der Waals surface area contributed by atoms with Gasteiger partial charge < -0.3 is 9.84 Å². The largest absolute Gasteiger partial charge is 0.360 e. The number of rotatable bonds is 4. The minimum absolute atomic E-state index is 0.162. The predicted octanol–water partition coefficient (Wildman–Crippen LogP) is 3.13. The molecule has 0 spiro atoms. The van der Waals surface area contributed by atoms with Gasteiger partial charge in [-0.3, -0.25) is 4.79 Å². The van der Waals surface area contributed by atoms with Gasteiger partial charge in [0.05, 0.1) is 5.69 Å². The van der Waals surface area contributed by atoms with E-state index in [9.17, 15) is 4.79 Å². The van der Waals surface area contributed by atoms with E-state index in [2.05, 4.69) is 10.5 Å². The molecule has 0 bridgehead atoms. The summed E-state index contributed by atoms with van der Waals surface area (Å²) in [6.45, 7) is 4.14. The molecule has 4 nitrogen and oxygen atoms in total. The number of nitrogens with one attached hydrogen (secondary N) is 1. The number of benzene rings is 1. The molecule has 0 atom stereocenters. The Morgan fingerprint density at radius 3 is 2.68 bits per heavy atom. The summed E-state index contributed by atoms with van der Waals surface area (Å²) in [5.74, 6) is 0.455. The number of nitrogens with zero attached hydrogens (tertiary/aromatic N) is 1. The highest BCUT2D eigenvalue weighted by molar-refractivity contribution is 6.30. The number of halogens is 1. The van der Waals surface area contributed by atoms with E-state index in [1.165, 1.54) is 0 Å². The predicted molar refractivity (Wildman–Crippen MR) is 73.2 cm³/mol. The molecular weight excluding hydrogens is 264 g/mol. The van der Waals surface area contributed by atoms with Crippen LogP contribution in [0.25, 0.3) is 0 Å². The summed E-state index contributed by atoms with van der Waals surface area (Å²) in [6, 6.07) is 7.35. The lowest BCUT2D eigenvalue weighted by Crippen LogP contribution is -2.24. The van der Waals surface area contributed by atoms with Crippen LogP contribution < -0.4 is 5.32 Å². The molecule has 0 fully saturated rings. The first-order chi connectivity index (χ1) is 9.11. The molecule has 0 saturated heterocycles. The Labute approximate surface area is 116 Å². The van der Waals surface area contributed by atoms with Gasteiger partial charge in [-0.2, -0.15) is 0 Å². The zero-order valence-corrected chi connectivity index (χ0v) is 11.6. The van der Waals surface area contributed by atoms with Crippen molar-refractivity contribution >= 4 is 17.5 Å². The third-order valence-electron chi connectivity index (χ3n) is 2.85. The minimum Gasteiger partial charge on any atom is -0.360 e. The van der Waals surface area contributed by atoms with Crippen LogP contribution in [-0.2, 0) is 13.0 Å². The number of aryl methyl sites for hydroxylation is 2. The first kappa shape index (κ1) is 13.6. The second-order valence-electron chi connectivity index (χ2n) is 4.23. The van der Waals surface area contributed by atoms with Crippen molar-refractivity contribution in [2.45, 2.75) is 26.8 Å². The molecule has 1 aromatic carbocycles. The molecule has 0 aliphatic carbocycles. The van der Waals surface area contributed by atoms with Gasteiger partial charge in [0, 0.05) is 18.0 Å². The average Bonchev–Trinajstić information content (AvgIpc) is 2.79. The highest BCUT2D eigenvalue weighted by Crippen LogP contribution is 2.14. The van der Waals surface area contributed by atoms with Gasteiger partial charge in [0.15, 0.2) is 0 Å². The van der Waals surface area contributed by atoms with E-state index in [0.29, 0.717) is 35.0 Å². The lowest BCUT2D eigenvalue weighted by atomic mass is 10.1. The molecule has 0 aliphatic heterocycles. The van der Waals surface area contributed by atoms with E-state index in [1.54, 1.807) is 19.1 Å². The lowest BCUT2D eigenvalue weighted by molar-refractivity contribution is 0.0948. The van der Waals surface area contributed by atoms with Gasteiger partial charge in [0.1, 0.15) is 11.3 Å². The summed E-state index contributed by atoms with van der Waals surface area (Å²) in [4.78, 5) is 12.1. The molecule has 0 radical (unpaired) electrons. The van der Waals surface area contributed by atoms with Crippen molar-refractivity contribution in [1.82, 2.24) is 10.5 Å². The average molecular weight is 279 g/mol. The van der Waals surface area contributed by atoms with Crippen molar-refractivity contribution in [3.8, 4) is 0 Å². The number of carbonyl (C=O) groups is 1. The molecule has 100 valence electrons. The second-order valence-corrected chi connectivity index (χ2v) is 4.67. The van der Waals surface area contributed by atoms with Gasteiger partial charge in [-0.15, -0.1) is 0 Å². The van der Waals surface area contributed by atoms with Crippen LogP contribution in [0.5, 0.6) is 0 Å². The third-order valence-corrected chi connectivity index (χ3v) is 3.10. The maximum atomic E-state index is 12.1. The van der Waals surface area contributed by atoms with E-state index in [4.69, 9.17) is 16.1 Å². The Morgan fingerprint density at radius 1 is 1.37 bits per heavy atom. The normalized spacial score (nSPS) is 10.5. The number of hydrogen-bond acceptors (Lipinski definition) is 3. The molecule has 0 unspecified atom stereocenters. The van der Waals surface area contributed by atoms with Crippen LogP contribution in [0.2, 0.25) is 5.02 Å². The van der Waals surface area contributed by atoms with Gasteiger partial charge in [-0.1, -0.05) is 35.8 Å². The fraction of sp³-hybridized carbons (Fsp3) is 0.286. The second kappa shape index (κ2) is 5.89. The smallest absolute Gasteiger partial charge is 0.257 e. The summed E-state index contributed by atoms with van der Waals surface area (Å²) in [5.41, 5.74) is 2.15. The fourth-order valence-corrected chi connectivity index (χ4v) is 1.95. The SMILES string of the molecule is CCc1onc(C)c1C(=O)NCc1ccc(Cl)cc1.